The van der Waals surface area contributed by atoms with Crippen LogP contribution in [-0.2, 0) is 0 Å². The van der Waals surface area contributed by atoms with E-state index >= 15 is 0 Å². The molecular weight excluding hydrogens is 508 g/mol. The van der Waals surface area contributed by atoms with E-state index in [1.807, 2.05) is 0 Å². The van der Waals surface area contributed by atoms with Crippen molar-refractivity contribution < 1.29 is 0 Å². The molecule has 0 fully saturated rings. The number of nitrogens with one attached hydrogen (secondary N) is 2. The molecule has 0 saturated heterocycles. The lowest BCUT2D eigenvalue weighted by Crippen LogP contribution is -2.21. The third kappa shape index (κ3) is 39.9. The SMILES string of the molecule is CCCCCCCCCCCCCCCCCCNC[CH]CCNCCCCCCCCCCCCCCCCCC. The Hall–Kier alpha value is -0.0800. The van der Waals surface area contributed by atoms with Crippen LogP contribution < -0.4 is 10.6 Å². The van der Waals surface area contributed by atoms with Crippen molar-refractivity contribution in [2.75, 3.05) is 26.2 Å². The van der Waals surface area contributed by atoms with Gasteiger partial charge in [0.1, 0.15) is 0 Å². The molecule has 0 amide bonds. The second kappa shape index (κ2) is 40.9. The minimum atomic E-state index is 1.08. The molecule has 253 valence electrons. The Labute approximate surface area is 268 Å². The van der Waals surface area contributed by atoms with Crippen molar-refractivity contribution in [3.63, 3.8) is 0 Å². The molecule has 0 rings (SSSR count). The van der Waals surface area contributed by atoms with Crippen molar-refractivity contribution in [1.82, 2.24) is 10.6 Å². The highest BCUT2D eigenvalue weighted by Gasteiger charge is 1.97. The molecule has 2 heteroatoms. The first-order valence-corrected chi connectivity index (χ1v) is 20.1. The normalized spacial score (nSPS) is 11.6. The van der Waals surface area contributed by atoms with Crippen LogP contribution >= 0.6 is 0 Å². The van der Waals surface area contributed by atoms with Gasteiger partial charge in [-0.1, -0.05) is 206 Å². The maximum atomic E-state index is 3.64. The van der Waals surface area contributed by atoms with Gasteiger partial charge in [-0.25, -0.2) is 0 Å². The molecule has 0 heterocycles. The van der Waals surface area contributed by atoms with Crippen LogP contribution in [0.3, 0.4) is 0 Å². The number of hydrogen-bond acceptors (Lipinski definition) is 2. The molecule has 2 nitrogen and oxygen atoms in total. The highest BCUT2D eigenvalue weighted by molar-refractivity contribution is 4.69. The molecule has 0 aromatic rings. The van der Waals surface area contributed by atoms with Crippen LogP contribution in [0.2, 0.25) is 0 Å². The molecule has 0 aliphatic carbocycles. The van der Waals surface area contributed by atoms with Gasteiger partial charge in [0.2, 0.25) is 0 Å². The van der Waals surface area contributed by atoms with Crippen LogP contribution in [0.15, 0.2) is 0 Å². The van der Waals surface area contributed by atoms with Gasteiger partial charge in [0.25, 0.3) is 0 Å². The predicted molar refractivity (Wildman–Crippen MR) is 194 cm³/mol. The van der Waals surface area contributed by atoms with Gasteiger partial charge < -0.3 is 10.6 Å². The van der Waals surface area contributed by atoms with Crippen molar-refractivity contribution in [3.8, 4) is 0 Å². The third-order valence-corrected chi connectivity index (χ3v) is 9.23. The summed E-state index contributed by atoms with van der Waals surface area (Å²) in [5, 5.41) is 7.25. The largest absolute Gasteiger partial charge is 0.317 e. The summed E-state index contributed by atoms with van der Waals surface area (Å²) < 4.78 is 0. The number of hydrogen-bond donors (Lipinski definition) is 2. The predicted octanol–water partition coefficient (Wildman–Crippen LogP) is 13.3. The molecular formula is C40H83N2. The second-order valence-corrected chi connectivity index (χ2v) is 13.6. The summed E-state index contributed by atoms with van der Waals surface area (Å²) in [5.74, 6) is 0. The molecule has 0 aromatic carbocycles. The minimum absolute atomic E-state index is 1.08. The van der Waals surface area contributed by atoms with E-state index in [9.17, 15) is 0 Å². The van der Waals surface area contributed by atoms with E-state index in [0.717, 1.165) is 13.1 Å². The number of rotatable bonds is 39. The zero-order valence-electron chi connectivity index (χ0n) is 29.7. The minimum Gasteiger partial charge on any atom is -0.317 e. The van der Waals surface area contributed by atoms with Gasteiger partial charge in [-0.05, 0) is 51.9 Å². The summed E-state index contributed by atoms with van der Waals surface area (Å²) in [6.45, 7) is 9.25. The maximum Gasteiger partial charge on any atom is -0.00169 e. The summed E-state index contributed by atoms with van der Waals surface area (Å²) in [5.41, 5.74) is 0. The summed E-state index contributed by atoms with van der Waals surface area (Å²) in [6.07, 6.45) is 50.0. The standard InChI is InChI=1S/C40H83N2/c1-3-5-7-9-11-13-15-17-19-21-23-25-27-29-31-33-37-41-39-35-36-40-42-38-34-32-30-28-26-24-22-20-18-16-14-12-10-8-6-4-2/h35,41-42H,3-34,36-40H2,1-2H3. The smallest absolute Gasteiger partial charge is 0.00169 e. The third-order valence-electron chi connectivity index (χ3n) is 9.23. The quantitative estimate of drug-likeness (QED) is 0.0695. The molecule has 42 heavy (non-hydrogen) atoms. The summed E-state index contributed by atoms with van der Waals surface area (Å²) in [7, 11) is 0. The Kier molecular flexibility index (Phi) is 40.8. The molecule has 0 aromatic heterocycles. The topological polar surface area (TPSA) is 24.1 Å². The highest BCUT2D eigenvalue weighted by Crippen LogP contribution is 2.15. The van der Waals surface area contributed by atoms with E-state index in [4.69, 9.17) is 0 Å². The van der Waals surface area contributed by atoms with Crippen LogP contribution in [0.5, 0.6) is 0 Å². The van der Waals surface area contributed by atoms with Crippen molar-refractivity contribution in [2.24, 2.45) is 0 Å². The zero-order valence-corrected chi connectivity index (χ0v) is 29.7. The van der Waals surface area contributed by atoms with Gasteiger partial charge in [0.15, 0.2) is 0 Å². The first-order valence-electron chi connectivity index (χ1n) is 20.1. The van der Waals surface area contributed by atoms with E-state index in [0.29, 0.717) is 0 Å². The second-order valence-electron chi connectivity index (χ2n) is 13.6. The van der Waals surface area contributed by atoms with Crippen molar-refractivity contribution in [1.29, 1.82) is 0 Å². The first kappa shape index (κ1) is 41.9. The van der Waals surface area contributed by atoms with E-state index < -0.39 is 0 Å². The monoisotopic (exact) mass is 592 g/mol. The van der Waals surface area contributed by atoms with Gasteiger partial charge in [0, 0.05) is 0 Å². The van der Waals surface area contributed by atoms with E-state index in [1.54, 1.807) is 0 Å². The Bertz CT molecular complexity index is 397. The molecule has 0 aliphatic heterocycles. The van der Waals surface area contributed by atoms with Crippen molar-refractivity contribution >= 4 is 0 Å². The van der Waals surface area contributed by atoms with Crippen LogP contribution in [-0.4, -0.2) is 26.2 Å². The average molecular weight is 592 g/mol. The zero-order chi connectivity index (χ0) is 30.3. The molecule has 0 bridgehead atoms. The summed E-state index contributed by atoms with van der Waals surface area (Å²) >= 11 is 0. The highest BCUT2D eigenvalue weighted by atomic mass is 14.9. The molecule has 0 aliphatic rings. The molecule has 1 radical (unpaired) electrons. The van der Waals surface area contributed by atoms with Crippen LogP contribution in [0.4, 0.5) is 0 Å². The summed E-state index contributed by atoms with van der Waals surface area (Å²) in [6, 6.07) is 0. The Morgan fingerprint density at radius 1 is 0.286 bits per heavy atom. The Morgan fingerprint density at radius 3 is 0.857 bits per heavy atom. The lowest BCUT2D eigenvalue weighted by Gasteiger charge is -2.07. The van der Waals surface area contributed by atoms with E-state index in [-0.39, 0.29) is 0 Å². The fourth-order valence-corrected chi connectivity index (χ4v) is 6.23. The Balaban J connectivity index is 3.02. The molecule has 0 atom stereocenters. The lowest BCUT2D eigenvalue weighted by molar-refractivity contribution is 0.524. The lowest BCUT2D eigenvalue weighted by atomic mass is 10.0. The molecule has 0 unspecified atom stereocenters. The van der Waals surface area contributed by atoms with Gasteiger partial charge >= 0.3 is 0 Å². The molecule has 0 spiro atoms. The van der Waals surface area contributed by atoms with Gasteiger partial charge in [-0.3, -0.25) is 0 Å². The van der Waals surface area contributed by atoms with E-state index in [1.165, 1.54) is 225 Å². The van der Waals surface area contributed by atoms with Crippen molar-refractivity contribution in [3.05, 3.63) is 6.42 Å². The maximum absolute atomic E-state index is 3.64. The fourth-order valence-electron chi connectivity index (χ4n) is 6.23. The Morgan fingerprint density at radius 2 is 0.548 bits per heavy atom. The number of unbranched alkanes of at least 4 members (excludes halogenated alkanes) is 31. The van der Waals surface area contributed by atoms with Crippen molar-refractivity contribution in [2.45, 2.75) is 226 Å². The first-order chi connectivity index (χ1) is 20.9. The fraction of sp³-hybridized carbons (Fsp3) is 0.975. The van der Waals surface area contributed by atoms with Crippen LogP contribution in [0.1, 0.15) is 226 Å². The van der Waals surface area contributed by atoms with Gasteiger partial charge in [0.05, 0.1) is 0 Å². The van der Waals surface area contributed by atoms with Crippen LogP contribution in [0, 0.1) is 6.42 Å². The van der Waals surface area contributed by atoms with E-state index in [2.05, 4.69) is 30.9 Å². The van der Waals surface area contributed by atoms with Gasteiger partial charge in [-0.15, -0.1) is 0 Å². The summed E-state index contributed by atoms with van der Waals surface area (Å²) in [4.78, 5) is 0. The van der Waals surface area contributed by atoms with Gasteiger partial charge in [-0.2, -0.15) is 0 Å². The molecule has 2 N–H and O–H groups in total. The average Bonchev–Trinajstić information content (AvgIpc) is 3.00. The van der Waals surface area contributed by atoms with Crippen LogP contribution in [0.25, 0.3) is 0 Å². The molecule has 0 saturated carbocycles.